The van der Waals surface area contributed by atoms with Gasteiger partial charge >= 0.3 is 0 Å². The van der Waals surface area contributed by atoms with E-state index in [1.54, 1.807) is 13.1 Å². The van der Waals surface area contributed by atoms with Gasteiger partial charge in [0, 0.05) is 36.0 Å². The lowest BCUT2D eigenvalue weighted by atomic mass is 10.1. The van der Waals surface area contributed by atoms with Gasteiger partial charge in [0.1, 0.15) is 0 Å². The zero-order valence-electron chi connectivity index (χ0n) is 14.5. The summed E-state index contributed by atoms with van der Waals surface area (Å²) in [5.41, 5.74) is 3.46. The molecule has 0 saturated carbocycles. The number of nitrogens with one attached hydrogen (secondary N) is 2. The number of hydrogen-bond acceptors (Lipinski definition) is 2. The maximum absolute atomic E-state index is 6.26. The molecule has 1 atom stereocenters. The molecule has 0 radical (unpaired) electrons. The molecule has 0 saturated heterocycles. The Morgan fingerprint density at radius 3 is 2.68 bits per heavy atom. The molecule has 2 N–H and O–H groups in total. The zero-order chi connectivity index (χ0) is 17.5. The van der Waals surface area contributed by atoms with E-state index in [-0.39, 0.29) is 30.0 Å². The first-order chi connectivity index (χ1) is 11.5. The van der Waals surface area contributed by atoms with Gasteiger partial charge in [-0.3, -0.25) is 9.98 Å². The van der Waals surface area contributed by atoms with Crippen LogP contribution in [-0.4, -0.2) is 24.5 Å². The first-order valence-corrected chi connectivity index (χ1v) is 8.58. The van der Waals surface area contributed by atoms with Crippen LogP contribution in [0.5, 0.6) is 0 Å². The molecule has 0 fully saturated rings. The average Bonchev–Trinajstić information content (AvgIpc) is 2.55. The van der Waals surface area contributed by atoms with E-state index in [1.165, 1.54) is 11.1 Å². The maximum Gasteiger partial charge on any atom is 0.191 e. The lowest BCUT2D eigenvalue weighted by molar-refractivity contribution is 0.684. The van der Waals surface area contributed by atoms with Crippen molar-refractivity contribution < 1.29 is 0 Å². The number of aryl methyl sites for hydroxylation is 1. The lowest BCUT2D eigenvalue weighted by Crippen LogP contribution is -2.39. The molecule has 136 valence electrons. The number of aliphatic imine (C=N–C) groups is 1. The van der Waals surface area contributed by atoms with Crippen molar-refractivity contribution in [1.29, 1.82) is 0 Å². The van der Waals surface area contributed by atoms with Crippen molar-refractivity contribution in [2.45, 2.75) is 26.3 Å². The monoisotopic (exact) mass is 492 g/mol. The minimum absolute atomic E-state index is 0. The van der Waals surface area contributed by atoms with Gasteiger partial charge < -0.3 is 10.6 Å². The Morgan fingerprint density at radius 1 is 1.28 bits per heavy atom. The Hall–Kier alpha value is -1.05. The molecular formula is C18H23Cl2IN4. The Balaban J connectivity index is 0.00000312. The third-order valence-electron chi connectivity index (χ3n) is 3.83. The van der Waals surface area contributed by atoms with Gasteiger partial charge in [0.2, 0.25) is 0 Å². The van der Waals surface area contributed by atoms with E-state index < -0.39 is 0 Å². The molecule has 0 spiro atoms. The van der Waals surface area contributed by atoms with Crippen LogP contribution in [0, 0.1) is 6.92 Å². The first-order valence-electron chi connectivity index (χ1n) is 7.83. The molecule has 1 aromatic heterocycles. The van der Waals surface area contributed by atoms with Gasteiger partial charge in [-0.05, 0) is 55.2 Å². The SMILES string of the molecule is CN=C(NCCc1ccncc1C)NC(C)c1ccc(Cl)cc1Cl.I. The van der Waals surface area contributed by atoms with Crippen molar-refractivity contribution in [2.24, 2.45) is 4.99 Å². The molecule has 25 heavy (non-hydrogen) atoms. The first kappa shape index (κ1) is 22.0. The number of rotatable bonds is 5. The second-order valence-electron chi connectivity index (χ2n) is 5.58. The summed E-state index contributed by atoms with van der Waals surface area (Å²) in [5, 5.41) is 7.94. The summed E-state index contributed by atoms with van der Waals surface area (Å²) in [4.78, 5) is 8.38. The lowest BCUT2D eigenvalue weighted by Gasteiger charge is -2.19. The highest BCUT2D eigenvalue weighted by Crippen LogP contribution is 2.25. The number of guanidine groups is 1. The normalized spacial score (nSPS) is 12.3. The van der Waals surface area contributed by atoms with Crippen LogP contribution < -0.4 is 10.6 Å². The average molecular weight is 493 g/mol. The number of aromatic nitrogens is 1. The molecule has 0 aliphatic rings. The third kappa shape index (κ3) is 6.64. The third-order valence-corrected chi connectivity index (χ3v) is 4.39. The molecular weight excluding hydrogens is 470 g/mol. The fraction of sp³-hybridized carbons (Fsp3) is 0.333. The highest BCUT2D eigenvalue weighted by atomic mass is 127. The molecule has 1 aromatic carbocycles. The molecule has 1 heterocycles. The second-order valence-corrected chi connectivity index (χ2v) is 6.43. The Labute approximate surface area is 176 Å². The number of hydrogen-bond donors (Lipinski definition) is 2. The maximum atomic E-state index is 6.26. The molecule has 4 nitrogen and oxygen atoms in total. The number of halogens is 3. The standard InChI is InChI=1S/C18H22Cl2N4.HI/c1-12-11-22-8-6-14(12)7-9-23-18(21-3)24-13(2)16-5-4-15(19)10-17(16)20;/h4-6,8,10-11,13H,7,9H2,1-3H3,(H2,21,23,24);1H. The molecule has 7 heteroatoms. The number of pyridine rings is 1. The summed E-state index contributed by atoms with van der Waals surface area (Å²) < 4.78 is 0. The van der Waals surface area contributed by atoms with Crippen molar-refractivity contribution in [1.82, 2.24) is 15.6 Å². The summed E-state index contributed by atoms with van der Waals surface area (Å²) in [6, 6.07) is 7.57. The van der Waals surface area contributed by atoms with Gasteiger partial charge in [0.15, 0.2) is 5.96 Å². The van der Waals surface area contributed by atoms with Crippen molar-refractivity contribution in [3.05, 3.63) is 63.4 Å². The molecule has 0 aliphatic heterocycles. The number of benzene rings is 1. The molecule has 2 rings (SSSR count). The van der Waals surface area contributed by atoms with Gasteiger partial charge in [0.25, 0.3) is 0 Å². The van der Waals surface area contributed by atoms with Crippen LogP contribution in [0.4, 0.5) is 0 Å². The molecule has 0 amide bonds. The smallest absolute Gasteiger partial charge is 0.191 e. The van der Waals surface area contributed by atoms with E-state index in [0.29, 0.717) is 10.0 Å². The largest absolute Gasteiger partial charge is 0.356 e. The van der Waals surface area contributed by atoms with E-state index in [4.69, 9.17) is 23.2 Å². The van der Waals surface area contributed by atoms with Gasteiger partial charge in [-0.25, -0.2) is 0 Å². The molecule has 0 aliphatic carbocycles. The minimum Gasteiger partial charge on any atom is -0.356 e. The highest BCUT2D eigenvalue weighted by Gasteiger charge is 2.11. The Kier molecular flexibility index (Phi) is 9.53. The van der Waals surface area contributed by atoms with Crippen LogP contribution >= 0.6 is 47.2 Å². The van der Waals surface area contributed by atoms with Crippen molar-refractivity contribution in [2.75, 3.05) is 13.6 Å². The van der Waals surface area contributed by atoms with Crippen LogP contribution in [-0.2, 0) is 6.42 Å². The van der Waals surface area contributed by atoms with Crippen LogP contribution in [0.3, 0.4) is 0 Å². The molecule has 2 aromatic rings. The fourth-order valence-electron chi connectivity index (χ4n) is 2.43. The second kappa shape index (κ2) is 10.8. The number of nitrogens with zero attached hydrogens (tertiary/aromatic N) is 2. The van der Waals surface area contributed by atoms with Gasteiger partial charge in [-0.15, -0.1) is 24.0 Å². The van der Waals surface area contributed by atoms with E-state index in [1.807, 2.05) is 37.5 Å². The highest BCUT2D eigenvalue weighted by molar-refractivity contribution is 14.0. The Bertz CT molecular complexity index is 722. The predicted octanol–water partition coefficient (Wildman–Crippen LogP) is 4.78. The summed E-state index contributed by atoms with van der Waals surface area (Å²) in [6.45, 7) is 4.89. The van der Waals surface area contributed by atoms with Crippen LogP contribution in [0.2, 0.25) is 10.0 Å². The quantitative estimate of drug-likeness (QED) is 0.358. The minimum atomic E-state index is 0. The van der Waals surface area contributed by atoms with E-state index in [2.05, 4.69) is 27.5 Å². The van der Waals surface area contributed by atoms with Crippen molar-refractivity contribution >= 4 is 53.1 Å². The van der Waals surface area contributed by atoms with Gasteiger partial charge in [-0.2, -0.15) is 0 Å². The van der Waals surface area contributed by atoms with Crippen LogP contribution in [0.1, 0.15) is 29.7 Å². The molecule has 1 unspecified atom stereocenters. The van der Waals surface area contributed by atoms with E-state index >= 15 is 0 Å². The summed E-state index contributed by atoms with van der Waals surface area (Å²) in [5.74, 6) is 0.736. The Morgan fingerprint density at radius 2 is 2.04 bits per heavy atom. The zero-order valence-corrected chi connectivity index (χ0v) is 18.4. The van der Waals surface area contributed by atoms with Gasteiger partial charge in [0.05, 0.1) is 6.04 Å². The summed E-state index contributed by atoms with van der Waals surface area (Å²) >= 11 is 12.2. The predicted molar refractivity (Wildman–Crippen MR) is 117 cm³/mol. The van der Waals surface area contributed by atoms with Gasteiger partial charge in [-0.1, -0.05) is 29.3 Å². The fourth-order valence-corrected chi connectivity index (χ4v) is 3.00. The summed E-state index contributed by atoms with van der Waals surface area (Å²) in [7, 11) is 1.75. The van der Waals surface area contributed by atoms with Crippen LogP contribution in [0.15, 0.2) is 41.7 Å². The van der Waals surface area contributed by atoms with Crippen molar-refractivity contribution in [3.8, 4) is 0 Å². The van der Waals surface area contributed by atoms with Crippen molar-refractivity contribution in [3.63, 3.8) is 0 Å². The topological polar surface area (TPSA) is 49.3 Å². The van der Waals surface area contributed by atoms with E-state index in [0.717, 1.165) is 24.5 Å². The van der Waals surface area contributed by atoms with Crippen LogP contribution in [0.25, 0.3) is 0 Å². The molecule has 0 bridgehead atoms. The van der Waals surface area contributed by atoms with E-state index in [9.17, 15) is 0 Å². The summed E-state index contributed by atoms with van der Waals surface area (Å²) in [6.07, 6.45) is 4.61.